The number of hydrogen-bond acceptors (Lipinski definition) is 5. The SMILES string of the molecule is O=C(CN1C(=O)C2C3C=CC(C3)C2C1=O)NCc1ccccc1[N+](=O)[O-]. The molecular weight excluding hydrogens is 338 g/mol. The minimum atomic E-state index is -0.515. The minimum Gasteiger partial charge on any atom is -0.350 e. The van der Waals surface area contributed by atoms with Gasteiger partial charge in [0.2, 0.25) is 17.7 Å². The topological polar surface area (TPSA) is 110 Å². The molecule has 1 saturated carbocycles. The lowest BCUT2D eigenvalue weighted by molar-refractivity contribution is -0.385. The Kier molecular flexibility index (Phi) is 3.82. The van der Waals surface area contributed by atoms with Crippen LogP contribution in [0.25, 0.3) is 0 Å². The van der Waals surface area contributed by atoms with Gasteiger partial charge in [0.25, 0.3) is 5.69 Å². The predicted octanol–water partition coefficient (Wildman–Crippen LogP) is 1.02. The number of nitro benzene ring substituents is 1. The van der Waals surface area contributed by atoms with Crippen molar-refractivity contribution in [1.82, 2.24) is 10.2 Å². The van der Waals surface area contributed by atoms with Gasteiger partial charge in [0, 0.05) is 18.2 Å². The molecule has 0 aromatic heterocycles. The Morgan fingerprint density at radius 1 is 1.15 bits per heavy atom. The average Bonchev–Trinajstić information content (AvgIpc) is 3.30. The van der Waals surface area contributed by atoms with Crippen LogP contribution >= 0.6 is 0 Å². The van der Waals surface area contributed by atoms with Gasteiger partial charge >= 0.3 is 0 Å². The smallest absolute Gasteiger partial charge is 0.274 e. The number of allylic oxidation sites excluding steroid dienone is 2. The Balaban J connectivity index is 1.40. The van der Waals surface area contributed by atoms with E-state index in [2.05, 4.69) is 5.32 Å². The summed E-state index contributed by atoms with van der Waals surface area (Å²) in [5.41, 5.74) is 0.280. The molecule has 4 atom stereocenters. The van der Waals surface area contributed by atoms with E-state index in [4.69, 9.17) is 0 Å². The van der Waals surface area contributed by atoms with Crippen molar-refractivity contribution in [3.05, 3.63) is 52.1 Å². The summed E-state index contributed by atoms with van der Waals surface area (Å²) in [6, 6.07) is 6.11. The van der Waals surface area contributed by atoms with Crippen molar-refractivity contribution >= 4 is 23.4 Å². The molecule has 1 aromatic carbocycles. The van der Waals surface area contributed by atoms with Crippen molar-refractivity contribution < 1.29 is 19.3 Å². The molecular formula is C18H17N3O5. The van der Waals surface area contributed by atoms with E-state index in [1.165, 1.54) is 6.07 Å². The Bertz CT molecular complexity index is 819. The maximum absolute atomic E-state index is 12.5. The molecule has 26 heavy (non-hydrogen) atoms. The average molecular weight is 355 g/mol. The van der Waals surface area contributed by atoms with Crippen LogP contribution in [0, 0.1) is 33.8 Å². The maximum atomic E-state index is 12.5. The first-order chi connectivity index (χ1) is 12.5. The van der Waals surface area contributed by atoms with Gasteiger partial charge in [0.05, 0.1) is 16.8 Å². The number of likely N-dealkylation sites (tertiary alicyclic amines) is 1. The molecule has 8 nitrogen and oxygen atoms in total. The van der Waals surface area contributed by atoms with Crippen LogP contribution in [0.5, 0.6) is 0 Å². The van der Waals surface area contributed by atoms with Crippen LogP contribution in [0.3, 0.4) is 0 Å². The van der Waals surface area contributed by atoms with Gasteiger partial charge < -0.3 is 5.32 Å². The summed E-state index contributed by atoms with van der Waals surface area (Å²) in [6.45, 7) is -0.378. The fraction of sp³-hybridized carbons (Fsp3) is 0.389. The lowest BCUT2D eigenvalue weighted by atomic mass is 9.85. The minimum absolute atomic E-state index is 0.0358. The highest BCUT2D eigenvalue weighted by Gasteiger charge is 2.59. The standard InChI is InChI=1S/C18H17N3O5/c22-14(19-8-12-3-1-2-4-13(12)21(25)26)9-20-17(23)15-10-5-6-11(7-10)16(15)18(20)24/h1-6,10-11,15-16H,7-9H2,(H,19,22). The molecule has 2 fully saturated rings. The number of carbonyl (C=O) groups is 3. The highest BCUT2D eigenvalue weighted by atomic mass is 16.6. The molecule has 0 radical (unpaired) electrons. The second kappa shape index (κ2) is 6.05. The molecule has 2 bridgehead atoms. The van der Waals surface area contributed by atoms with Crippen molar-refractivity contribution in [3.8, 4) is 0 Å². The number of nitrogens with one attached hydrogen (secondary N) is 1. The third kappa shape index (κ3) is 2.49. The molecule has 8 heteroatoms. The highest BCUT2D eigenvalue weighted by Crippen LogP contribution is 2.52. The zero-order valence-corrected chi connectivity index (χ0v) is 13.8. The number of nitro groups is 1. The van der Waals surface area contributed by atoms with Crippen LogP contribution in [0.2, 0.25) is 0 Å². The van der Waals surface area contributed by atoms with E-state index in [1.807, 2.05) is 12.2 Å². The molecule has 4 rings (SSSR count). The van der Waals surface area contributed by atoms with Crippen molar-refractivity contribution in [3.63, 3.8) is 0 Å². The summed E-state index contributed by atoms with van der Waals surface area (Å²) in [5.74, 6) is -1.54. The van der Waals surface area contributed by atoms with E-state index >= 15 is 0 Å². The van der Waals surface area contributed by atoms with Crippen LogP contribution in [0.1, 0.15) is 12.0 Å². The summed E-state index contributed by atoms with van der Waals surface area (Å²) >= 11 is 0. The molecule has 3 amide bonds. The van der Waals surface area contributed by atoms with E-state index in [0.717, 1.165) is 11.3 Å². The Morgan fingerprint density at radius 2 is 1.77 bits per heavy atom. The molecule has 1 N–H and O–H groups in total. The number of carbonyl (C=O) groups excluding carboxylic acids is 3. The Morgan fingerprint density at radius 3 is 2.38 bits per heavy atom. The first kappa shape index (κ1) is 16.4. The van der Waals surface area contributed by atoms with Gasteiger partial charge in [-0.2, -0.15) is 0 Å². The van der Waals surface area contributed by atoms with Gasteiger partial charge in [-0.15, -0.1) is 0 Å². The highest BCUT2D eigenvalue weighted by molar-refractivity contribution is 6.08. The number of fused-ring (bicyclic) bond motifs is 5. The number of nitrogens with zero attached hydrogens (tertiary/aromatic N) is 2. The number of para-hydroxylation sites is 1. The Hall–Kier alpha value is -3.03. The van der Waals surface area contributed by atoms with E-state index < -0.39 is 10.8 Å². The predicted molar refractivity (Wildman–Crippen MR) is 89.4 cm³/mol. The summed E-state index contributed by atoms with van der Waals surface area (Å²) < 4.78 is 0. The van der Waals surface area contributed by atoms with Crippen LogP contribution in [-0.4, -0.2) is 34.1 Å². The molecule has 134 valence electrons. The first-order valence-corrected chi connectivity index (χ1v) is 8.50. The van der Waals surface area contributed by atoms with Crippen LogP contribution in [0.15, 0.2) is 36.4 Å². The molecule has 0 spiro atoms. The largest absolute Gasteiger partial charge is 0.350 e. The van der Waals surface area contributed by atoms with Crippen molar-refractivity contribution in [2.24, 2.45) is 23.7 Å². The van der Waals surface area contributed by atoms with E-state index in [1.54, 1.807) is 18.2 Å². The summed E-state index contributed by atoms with van der Waals surface area (Å²) in [7, 11) is 0. The van der Waals surface area contributed by atoms with Crippen LogP contribution in [0.4, 0.5) is 5.69 Å². The molecule has 1 aliphatic heterocycles. The Labute approximate surface area is 149 Å². The normalized spacial score (nSPS) is 28.5. The molecule has 2 aliphatic carbocycles. The van der Waals surface area contributed by atoms with Crippen molar-refractivity contribution in [2.45, 2.75) is 13.0 Å². The van der Waals surface area contributed by atoms with E-state index in [-0.39, 0.29) is 54.3 Å². The maximum Gasteiger partial charge on any atom is 0.274 e. The lowest BCUT2D eigenvalue weighted by Crippen LogP contribution is -2.41. The fourth-order valence-corrected chi connectivity index (χ4v) is 4.35. The number of imide groups is 1. The van der Waals surface area contributed by atoms with Gasteiger partial charge in [0.1, 0.15) is 6.54 Å². The quantitative estimate of drug-likeness (QED) is 0.367. The molecule has 4 unspecified atom stereocenters. The zero-order chi connectivity index (χ0) is 18.4. The van der Waals surface area contributed by atoms with Gasteiger partial charge in [-0.1, -0.05) is 30.4 Å². The number of amides is 3. The summed E-state index contributed by atoms with van der Waals surface area (Å²) in [6.07, 6.45) is 4.83. The third-order valence-corrected chi connectivity index (χ3v) is 5.53. The summed E-state index contributed by atoms with van der Waals surface area (Å²) in [4.78, 5) is 48.8. The summed E-state index contributed by atoms with van der Waals surface area (Å²) in [5, 5.41) is 13.6. The number of rotatable bonds is 5. The molecule has 1 heterocycles. The molecule has 3 aliphatic rings. The van der Waals surface area contributed by atoms with Crippen LogP contribution < -0.4 is 5.32 Å². The van der Waals surface area contributed by atoms with Crippen molar-refractivity contribution in [1.29, 1.82) is 0 Å². The third-order valence-electron chi connectivity index (χ3n) is 5.53. The lowest BCUT2D eigenvalue weighted by Gasteiger charge is -2.16. The van der Waals surface area contributed by atoms with Gasteiger partial charge in [-0.25, -0.2) is 0 Å². The van der Waals surface area contributed by atoms with Crippen molar-refractivity contribution in [2.75, 3.05) is 6.54 Å². The monoisotopic (exact) mass is 355 g/mol. The van der Waals surface area contributed by atoms with E-state index in [0.29, 0.717) is 5.56 Å². The van der Waals surface area contributed by atoms with Gasteiger partial charge in [-0.05, 0) is 18.3 Å². The molecule has 1 saturated heterocycles. The van der Waals surface area contributed by atoms with Gasteiger partial charge in [0.15, 0.2) is 0 Å². The van der Waals surface area contributed by atoms with E-state index in [9.17, 15) is 24.5 Å². The van der Waals surface area contributed by atoms with Gasteiger partial charge in [-0.3, -0.25) is 29.4 Å². The zero-order valence-electron chi connectivity index (χ0n) is 13.8. The second-order valence-corrected chi connectivity index (χ2v) is 6.93. The number of benzene rings is 1. The fourth-order valence-electron chi connectivity index (χ4n) is 4.35. The number of hydrogen-bond donors (Lipinski definition) is 1. The second-order valence-electron chi connectivity index (χ2n) is 6.93. The van der Waals surface area contributed by atoms with Crippen LogP contribution in [-0.2, 0) is 20.9 Å². The molecule has 1 aromatic rings. The first-order valence-electron chi connectivity index (χ1n) is 8.50.